The molecule has 5 rings (SSSR count). The van der Waals surface area contributed by atoms with Crippen LogP contribution in [0.2, 0.25) is 0 Å². The number of hydrogen-bond donors (Lipinski definition) is 0. The van der Waals surface area contributed by atoms with Gasteiger partial charge in [-0.25, -0.2) is 15.0 Å². The number of aliphatic imine (C=N–C) groups is 2. The summed E-state index contributed by atoms with van der Waals surface area (Å²) in [6.07, 6.45) is 5.30. The zero-order valence-electron chi connectivity index (χ0n) is 17.4. The van der Waals surface area contributed by atoms with Gasteiger partial charge in [-0.3, -0.25) is 0 Å². The number of ether oxygens (including phenoxy) is 2. The van der Waals surface area contributed by atoms with E-state index in [1.807, 2.05) is 32.3 Å². The fourth-order valence-electron chi connectivity index (χ4n) is 3.91. The summed E-state index contributed by atoms with van der Waals surface area (Å²) in [5.41, 5.74) is 1.66. The maximum Gasteiger partial charge on any atom is 0.314 e. The third-order valence-electron chi connectivity index (χ3n) is 5.32. The van der Waals surface area contributed by atoms with Crippen LogP contribution in [-0.2, 0) is 10.3 Å². The highest BCUT2D eigenvalue weighted by atomic mass is 79.9. The Morgan fingerprint density at radius 2 is 2.06 bits per heavy atom. The van der Waals surface area contributed by atoms with Crippen LogP contribution in [0.25, 0.3) is 11.1 Å². The zero-order chi connectivity index (χ0) is 22.3. The molecule has 0 saturated heterocycles. The second-order valence-corrected chi connectivity index (χ2v) is 8.63. The molecule has 0 amide bonds. The molecule has 0 saturated carbocycles. The van der Waals surface area contributed by atoms with E-state index in [1.54, 1.807) is 35.6 Å². The average molecular weight is 496 g/mol. The summed E-state index contributed by atoms with van der Waals surface area (Å²) in [5.74, 6) is 0.516. The Balaban J connectivity index is 1.69. The number of pyridine rings is 2. The Labute approximate surface area is 192 Å². The molecule has 2 aliphatic heterocycles. The third-order valence-corrected chi connectivity index (χ3v) is 5.75. The maximum absolute atomic E-state index is 14.4. The highest BCUT2D eigenvalue weighted by molar-refractivity contribution is 9.10. The average Bonchev–Trinajstić information content (AvgIpc) is 2.79. The van der Waals surface area contributed by atoms with E-state index in [4.69, 9.17) is 9.47 Å². The van der Waals surface area contributed by atoms with Crippen LogP contribution in [-0.4, -0.2) is 47.9 Å². The molecular weight excluding hydrogens is 477 g/mol. The first-order valence-corrected chi connectivity index (χ1v) is 10.8. The van der Waals surface area contributed by atoms with Crippen LogP contribution in [0.3, 0.4) is 0 Å². The van der Waals surface area contributed by atoms with Gasteiger partial charge in [-0.1, -0.05) is 6.07 Å². The van der Waals surface area contributed by atoms with Crippen molar-refractivity contribution in [2.24, 2.45) is 9.98 Å². The predicted octanol–water partition coefficient (Wildman–Crippen LogP) is 4.76. The quantitative estimate of drug-likeness (QED) is 0.291. The summed E-state index contributed by atoms with van der Waals surface area (Å²) in [6, 6.07) is 11.1. The van der Waals surface area contributed by atoms with Crippen LogP contribution in [0, 0.1) is 5.95 Å². The SMILES string of the molecule is CN(C)/C=N/C1=NCC[C@@]2(O1)c1cc(-c3cccnc3F)ccc1Oc1ncc(Br)cc12. The van der Waals surface area contributed by atoms with E-state index in [-0.39, 0.29) is 6.02 Å². The lowest BCUT2D eigenvalue weighted by Crippen LogP contribution is -2.40. The number of amidine groups is 1. The molecule has 1 atom stereocenters. The van der Waals surface area contributed by atoms with Crippen LogP contribution in [0.1, 0.15) is 17.5 Å². The first kappa shape index (κ1) is 20.6. The van der Waals surface area contributed by atoms with Crippen LogP contribution in [0.4, 0.5) is 4.39 Å². The van der Waals surface area contributed by atoms with Gasteiger partial charge in [-0.05, 0) is 51.8 Å². The fourth-order valence-corrected chi connectivity index (χ4v) is 4.24. The van der Waals surface area contributed by atoms with Crippen LogP contribution < -0.4 is 4.74 Å². The number of halogens is 2. The zero-order valence-corrected chi connectivity index (χ0v) is 19.0. The maximum atomic E-state index is 14.4. The van der Waals surface area contributed by atoms with Crippen molar-refractivity contribution in [2.75, 3.05) is 20.6 Å². The van der Waals surface area contributed by atoms with E-state index < -0.39 is 11.5 Å². The molecule has 1 spiro atoms. The predicted molar refractivity (Wildman–Crippen MR) is 123 cm³/mol. The molecule has 0 unspecified atom stereocenters. The number of nitrogens with zero attached hydrogens (tertiary/aromatic N) is 5. The van der Waals surface area contributed by atoms with Crippen molar-refractivity contribution in [1.82, 2.24) is 14.9 Å². The number of rotatable bonds is 2. The second-order valence-electron chi connectivity index (χ2n) is 7.71. The molecule has 9 heteroatoms. The van der Waals surface area contributed by atoms with Gasteiger partial charge in [0, 0.05) is 55.1 Å². The molecule has 3 aromatic rings. The van der Waals surface area contributed by atoms with Crippen molar-refractivity contribution in [3.63, 3.8) is 0 Å². The monoisotopic (exact) mass is 495 g/mol. The number of fused-ring (bicyclic) bond motifs is 4. The Bertz CT molecular complexity index is 1260. The van der Waals surface area contributed by atoms with Gasteiger partial charge in [0.1, 0.15) is 5.75 Å². The standard InChI is InChI=1S/C23H19BrFN5O2/c1-30(2)13-29-22-27-9-7-23(32-22)17-10-14(16-4-3-8-26-20(16)25)5-6-19(17)31-21-18(23)11-15(24)12-28-21/h3-6,8,10-13H,7,9H2,1-2H3/b29-13+/t23-/m1/s1. The van der Waals surface area contributed by atoms with Crippen LogP contribution in [0.15, 0.2) is 63.2 Å². The van der Waals surface area contributed by atoms with Crippen molar-refractivity contribution < 1.29 is 13.9 Å². The van der Waals surface area contributed by atoms with Crippen LogP contribution >= 0.6 is 15.9 Å². The van der Waals surface area contributed by atoms with Crippen molar-refractivity contribution >= 4 is 28.3 Å². The lowest BCUT2D eigenvalue weighted by molar-refractivity contribution is 0.0628. The van der Waals surface area contributed by atoms with Crippen molar-refractivity contribution in [1.29, 1.82) is 0 Å². The minimum absolute atomic E-state index is 0.265. The van der Waals surface area contributed by atoms with Gasteiger partial charge in [0.05, 0.1) is 11.9 Å². The van der Waals surface area contributed by atoms with Gasteiger partial charge in [-0.15, -0.1) is 0 Å². The normalized spacial score (nSPS) is 19.1. The Hall–Kier alpha value is -3.33. The van der Waals surface area contributed by atoms with Crippen molar-refractivity contribution in [3.8, 4) is 22.8 Å². The molecule has 0 bridgehead atoms. The second kappa shape index (κ2) is 7.98. The molecule has 162 valence electrons. The number of benzene rings is 1. The summed E-state index contributed by atoms with van der Waals surface area (Å²) < 4.78 is 27.8. The molecule has 0 radical (unpaired) electrons. The highest BCUT2D eigenvalue weighted by Gasteiger charge is 2.47. The summed E-state index contributed by atoms with van der Waals surface area (Å²) in [6.45, 7) is 0.497. The van der Waals surface area contributed by atoms with Gasteiger partial charge < -0.3 is 14.4 Å². The van der Waals surface area contributed by atoms with E-state index >= 15 is 0 Å². The molecule has 7 nitrogen and oxygen atoms in total. The Morgan fingerprint density at radius 3 is 2.88 bits per heavy atom. The lowest BCUT2D eigenvalue weighted by Gasteiger charge is -2.41. The van der Waals surface area contributed by atoms with Crippen molar-refractivity contribution in [3.05, 3.63) is 70.3 Å². The summed E-state index contributed by atoms with van der Waals surface area (Å²) >= 11 is 3.51. The van der Waals surface area contributed by atoms with E-state index in [9.17, 15) is 4.39 Å². The van der Waals surface area contributed by atoms with E-state index in [2.05, 4.69) is 35.9 Å². The number of hydrogen-bond acceptors (Lipinski definition) is 6. The lowest BCUT2D eigenvalue weighted by atomic mass is 9.80. The fraction of sp³-hybridized carbons (Fsp3) is 0.217. The Morgan fingerprint density at radius 1 is 1.19 bits per heavy atom. The number of aromatic nitrogens is 2. The smallest absolute Gasteiger partial charge is 0.314 e. The van der Waals surface area contributed by atoms with E-state index in [0.29, 0.717) is 35.7 Å². The van der Waals surface area contributed by atoms with Gasteiger partial charge in [0.2, 0.25) is 11.8 Å². The molecule has 2 aliphatic rings. The molecule has 1 aromatic carbocycles. The molecule has 32 heavy (non-hydrogen) atoms. The van der Waals surface area contributed by atoms with Gasteiger partial charge in [-0.2, -0.15) is 9.38 Å². The van der Waals surface area contributed by atoms with Crippen LogP contribution in [0.5, 0.6) is 11.6 Å². The molecule has 0 N–H and O–H groups in total. The molecule has 4 heterocycles. The summed E-state index contributed by atoms with van der Waals surface area (Å²) in [4.78, 5) is 18.9. The largest absolute Gasteiger partial charge is 0.447 e. The minimum atomic E-state index is -0.935. The third kappa shape index (κ3) is 3.52. The molecule has 0 fully saturated rings. The minimum Gasteiger partial charge on any atom is -0.447 e. The first-order valence-electron chi connectivity index (χ1n) is 10.00. The topological polar surface area (TPSA) is 72.2 Å². The first-order chi connectivity index (χ1) is 15.5. The molecule has 2 aromatic heterocycles. The van der Waals surface area contributed by atoms with Crippen molar-refractivity contribution in [2.45, 2.75) is 12.0 Å². The summed E-state index contributed by atoms with van der Waals surface area (Å²) in [7, 11) is 3.74. The summed E-state index contributed by atoms with van der Waals surface area (Å²) in [5, 5.41) is 0. The van der Waals surface area contributed by atoms with Gasteiger partial charge in [0.25, 0.3) is 0 Å². The van der Waals surface area contributed by atoms with Gasteiger partial charge >= 0.3 is 6.02 Å². The molecular formula is C23H19BrFN5O2. The molecule has 0 aliphatic carbocycles. The van der Waals surface area contributed by atoms with Gasteiger partial charge in [0.15, 0.2) is 5.60 Å². The Kier molecular flexibility index (Phi) is 5.13. The van der Waals surface area contributed by atoms with E-state index in [0.717, 1.165) is 15.6 Å². The van der Waals surface area contributed by atoms with E-state index in [1.165, 1.54) is 6.20 Å². The highest BCUT2D eigenvalue weighted by Crippen LogP contribution is 2.52.